The summed E-state index contributed by atoms with van der Waals surface area (Å²) >= 11 is 0. The van der Waals surface area contributed by atoms with Crippen LogP contribution in [0.4, 0.5) is 9.18 Å². The molecule has 2 N–H and O–H groups in total. The van der Waals surface area contributed by atoms with Gasteiger partial charge in [-0.1, -0.05) is 18.9 Å². The summed E-state index contributed by atoms with van der Waals surface area (Å²) in [5.74, 6) is 0.315. The SMILES string of the molecule is Cc1ccc(F)cc1CNC(CNC(=O)OC(C)(C)C)C1CCCC1. The van der Waals surface area contributed by atoms with E-state index in [-0.39, 0.29) is 18.0 Å². The molecule has 0 radical (unpaired) electrons. The molecule has 1 aliphatic carbocycles. The van der Waals surface area contributed by atoms with E-state index in [0.717, 1.165) is 24.0 Å². The summed E-state index contributed by atoms with van der Waals surface area (Å²) in [5.41, 5.74) is 1.53. The van der Waals surface area contributed by atoms with Crippen molar-refractivity contribution in [2.75, 3.05) is 6.54 Å². The Morgan fingerprint density at radius 3 is 2.64 bits per heavy atom. The first kappa shape index (κ1) is 19.7. The Hall–Kier alpha value is -1.62. The third-order valence-electron chi connectivity index (χ3n) is 4.70. The van der Waals surface area contributed by atoms with Gasteiger partial charge in [0.25, 0.3) is 0 Å². The molecule has 140 valence electrons. The fraction of sp³-hybridized carbons (Fsp3) is 0.650. The minimum atomic E-state index is -0.501. The second kappa shape index (κ2) is 8.65. The highest BCUT2D eigenvalue weighted by molar-refractivity contribution is 5.67. The van der Waals surface area contributed by atoms with E-state index >= 15 is 0 Å². The summed E-state index contributed by atoms with van der Waals surface area (Å²) in [4.78, 5) is 11.9. The van der Waals surface area contributed by atoms with E-state index in [9.17, 15) is 9.18 Å². The molecule has 0 spiro atoms. The van der Waals surface area contributed by atoms with Crippen LogP contribution in [0.25, 0.3) is 0 Å². The zero-order chi connectivity index (χ0) is 18.4. The average Bonchev–Trinajstić information content (AvgIpc) is 3.03. The monoisotopic (exact) mass is 350 g/mol. The smallest absolute Gasteiger partial charge is 0.407 e. The van der Waals surface area contributed by atoms with Gasteiger partial charge in [-0.25, -0.2) is 9.18 Å². The van der Waals surface area contributed by atoms with Crippen molar-refractivity contribution in [3.05, 3.63) is 35.1 Å². The Labute approximate surface area is 150 Å². The topological polar surface area (TPSA) is 50.4 Å². The van der Waals surface area contributed by atoms with E-state index in [2.05, 4.69) is 10.6 Å². The van der Waals surface area contributed by atoms with Gasteiger partial charge in [0.1, 0.15) is 11.4 Å². The van der Waals surface area contributed by atoms with E-state index < -0.39 is 5.60 Å². The molecule has 0 bridgehead atoms. The molecule has 1 aromatic rings. The summed E-state index contributed by atoms with van der Waals surface area (Å²) in [7, 11) is 0. The number of carbonyl (C=O) groups is 1. The highest BCUT2D eigenvalue weighted by atomic mass is 19.1. The van der Waals surface area contributed by atoms with Crippen LogP contribution in [0.1, 0.15) is 57.6 Å². The van der Waals surface area contributed by atoms with Crippen molar-refractivity contribution in [2.24, 2.45) is 5.92 Å². The van der Waals surface area contributed by atoms with Crippen LogP contribution in [0.15, 0.2) is 18.2 Å². The first-order valence-corrected chi connectivity index (χ1v) is 9.20. The number of alkyl carbamates (subject to hydrolysis) is 1. The molecule has 25 heavy (non-hydrogen) atoms. The van der Waals surface area contributed by atoms with Gasteiger partial charge < -0.3 is 15.4 Å². The second-order valence-electron chi connectivity index (χ2n) is 7.99. The van der Waals surface area contributed by atoms with Gasteiger partial charge in [-0.2, -0.15) is 0 Å². The number of halogens is 1. The lowest BCUT2D eigenvalue weighted by molar-refractivity contribution is 0.0518. The minimum Gasteiger partial charge on any atom is -0.444 e. The maximum atomic E-state index is 13.5. The predicted molar refractivity (Wildman–Crippen MR) is 98.0 cm³/mol. The van der Waals surface area contributed by atoms with E-state index in [0.29, 0.717) is 19.0 Å². The summed E-state index contributed by atoms with van der Waals surface area (Å²) in [6, 6.07) is 5.03. The van der Waals surface area contributed by atoms with Gasteiger partial charge in [-0.05, 0) is 69.7 Å². The minimum absolute atomic E-state index is 0.165. The van der Waals surface area contributed by atoms with Crippen molar-refractivity contribution in [1.82, 2.24) is 10.6 Å². The highest BCUT2D eigenvalue weighted by Crippen LogP contribution is 2.28. The number of amides is 1. The Morgan fingerprint density at radius 1 is 1.32 bits per heavy atom. The van der Waals surface area contributed by atoms with Crippen LogP contribution in [-0.4, -0.2) is 24.3 Å². The van der Waals surface area contributed by atoms with Gasteiger partial charge in [0.15, 0.2) is 0 Å². The lowest BCUT2D eigenvalue weighted by atomic mass is 9.97. The summed E-state index contributed by atoms with van der Waals surface area (Å²) in [6.07, 6.45) is 4.40. The Kier molecular flexibility index (Phi) is 6.82. The lowest BCUT2D eigenvalue weighted by Crippen LogP contribution is -2.45. The van der Waals surface area contributed by atoms with Crippen LogP contribution in [0.2, 0.25) is 0 Å². The molecule has 1 atom stereocenters. The number of nitrogens with one attached hydrogen (secondary N) is 2. The van der Waals surface area contributed by atoms with Crippen molar-refractivity contribution < 1.29 is 13.9 Å². The second-order valence-corrected chi connectivity index (χ2v) is 7.99. The number of benzene rings is 1. The standard InChI is InChI=1S/C20H31FN2O2/c1-14-9-10-17(21)11-16(14)12-22-18(15-7-5-6-8-15)13-23-19(24)25-20(2,3)4/h9-11,15,18,22H,5-8,12-13H2,1-4H3,(H,23,24). The van der Waals surface area contributed by atoms with Crippen molar-refractivity contribution in [1.29, 1.82) is 0 Å². The Balaban J connectivity index is 1.94. The molecular weight excluding hydrogens is 319 g/mol. The summed E-state index contributed by atoms with van der Waals surface area (Å²) in [5, 5.41) is 6.41. The van der Waals surface area contributed by atoms with E-state index in [1.807, 2.05) is 27.7 Å². The van der Waals surface area contributed by atoms with Gasteiger partial charge in [0.05, 0.1) is 0 Å². The molecule has 0 aromatic heterocycles. The van der Waals surface area contributed by atoms with E-state index in [1.165, 1.54) is 18.9 Å². The number of carbonyl (C=O) groups excluding carboxylic acids is 1. The fourth-order valence-corrected chi connectivity index (χ4v) is 3.34. The summed E-state index contributed by atoms with van der Waals surface area (Å²) < 4.78 is 18.8. The Morgan fingerprint density at radius 2 is 2.00 bits per heavy atom. The molecular formula is C20H31FN2O2. The third kappa shape index (κ3) is 6.65. The molecule has 1 unspecified atom stereocenters. The van der Waals surface area contributed by atoms with Crippen molar-refractivity contribution in [2.45, 2.75) is 71.6 Å². The van der Waals surface area contributed by atoms with Crippen LogP contribution < -0.4 is 10.6 Å². The van der Waals surface area contributed by atoms with Crippen LogP contribution in [-0.2, 0) is 11.3 Å². The van der Waals surface area contributed by atoms with Crippen molar-refractivity contribution in [3.8, 4) is 0 Å². The first-order valence-electron chi connectivity index (χ1n) is 9.20. The van der Waals surface area contributed by atoms with Crippen LogP contribution in [0.5, 0.6) is 0 Å². The van der Waals surface area contributed by atoms with Crippen molar-refractivity contribution >= 4 is 6.09 Å². The third-order valence-corrected chi connectivity index (χ3v) is 4.70. The molecule has 2 rings (SSSR count). The van der Waals surface area contributed by atoms with Gasteiger partial charge in [-0.15, -0.1) is 0 Å². The molecule has 0 saturated heterocycles. The normalized spacial score (nSPS) is 16.7. The first-order chi connectivity index (χ1) is 11.7. The molecule has 1 amide bonds. The van der Waals surface area contributed by atoms with Gasteiger partial charge in [0.2, 0.25) is 0 Å². The van der Waals surface area contributed by atoms with E-state index in [1.54, 1.807) is 12.1 Å². The zero-order valence-electron chi connectivity index (χ0n) is 15.8. The van der Waals surface area contributed by atoms with Gasteiger partial charge >= 0.3 is 6.09 Å². The van der Waals surface area contributed by atoms with Gasteiger partial charge in [0, 0.05) is 19.1 Å². The largest absolute Gasteiger partial charge is 0.444 e. The quantitative estimate of drug-likeness (QED) is 0.804. The summed E-state index contributed by atoms with van der Waals surface area (Å²) in [6.45, 7) is 8.67. The van der Waals surface area contributed by atoms with Crippen LogP contribution in [0, 0.1) is 18.7 Å². The molecule has 4 nitrogen and oxygen atoms in total. The molecule has 1 aromatic carbocycles. The maximum absolute atomic E-state index is 13.5. The van der Waals surface area contributed by atoms with Crippen molar-refractivity contribution in [3.63, 3.8) is 0 Å². The molecule has 1 saturated carbocycles. The Bertz CT molecular complexity index is 578. The van der Waals surface area contributed by atoms with E-state index in [4.69, 9.17) is 4.74 Å². The molecule has 0 heterocycles. The molecule has 5 heteroatoms. The lowest BCUT2D eigenvalue weighted by Gasteiger charge is -2.27. The van der Waals surface area contributed by atoms with Crippen LogP contribution >= 0.6 is 0 Å². The number of rotatable bonds is 6. The predicted octanol–water partition coefficient (Wildman–Crippen LogP) is 4.31. The van der Waals surface area contributed by atoms with Crippen LogP contribution in [0.3, 0.4) is 0 Å². The number of aryl methyl sites for hydroxylation is 1. The number of hydrogen-bond donors (Lipinski definition) is 2. The maximum Gasteiger partial charge on any atom is 0.407 e. The molecule has 0 aliphatic heterocycles. The zero-order valence-corrected chi connectivity index (χ0v) is 15.8. The fourth-order valence-electron chi connectivity index (χ4n) is 3.34. The number of ether oxygens (including phenoxy) is 1. The average molecular weight is 350 g/mol. The molecule has 1 fully saturated rings. The number of hydrogen-bond acceptors (Lipinski definition) is 3. The highest BCUT2D eigenvalue weighted by Gasteiger charge is 2.26. The molecule has 1 aliphatic rings. The van der Waals surface area contributed by atoms with Gasteiger partial charge in [-0.3, -0.25) is 0 Å².